The van der Waals surface area contributed by atoms with Crippen molar-refractivity contribution in [2.75, 3.05) is 6.54 Å². The second kappa shape index (κ2) is 6.67. The van der Waals surface area contributed by atoms with Crippen molar-refractivity contribution in [3.05, 3.63) is 29.6 Å². The van der Waals surface area contributed by atoms with Crippen LogP contribution in [0.25, 0.3) is 0 Å². The van der Waals surface area contributed by atoms with E-state index in [1.54, 1.807) is 0 Å². The zero-order valence-electron chi connectivity index (χ0n) is 10.7. The molecule has 0 aliphatic heterocycles. The summed E-state index contributed by atoms with van der Waals surface area (Å²) in [6, 6.07) is 1.88. The second-order valence-electron chi connectivity index (χ2n) is 4.26. The zero-order valence-corrected chi connectivity index (χ0v) is 10.7. The number of carbonyl (C=O) groups is 1. The molecular formula is C12H15F3N2O3. The molecule has 1 heterocycles. The summed E-state index contributed by atoms with van der Waals surface area (Å²) in [5, 5.41) is 21.9. The Labute approximate surface area is 113 Å². The number of alkyl halides is 3. The van der Waals surface area contributed by atoms with Crippen LogP contribution in [-0.4, -0.2) is 33.8 Å². The van der Waals surface area contributed by atoms with E-state index in [1.165, 1.54) is 13.0 Å². The molecule has 0 aromatic carbocycles. The first-order valence-corrected chi connectivity index (χ1v) is 5.85. The lowest BCUT2D eigenvalue weighted by molar-refractivity contribution is -0.141. The maximum absolute atomic E-state index is 12.5. The van der Waals surface area contributed by atoms with E-state index >= 15 is 0 Å². The van der Waals surface area contributed by atoms with Crippen LogP contribution in [0.4, 0.5) is 13.2 Å². The van der Waals surface area contributed by atoms with Crippen molar-refractivity contribution in [2.45, 2.75) is 31.7 Å². The van der Waals surface area contributed by atoms with E-state index < -0.39 is 24.1 Å². The number of aliphatic hydroxyl groups is 2. The summed E-state index contributed by atoms with van der Waals surface area (Å²) in [5.41, 5.74) is -1.22. The Balaban J connectivity index is 2.71. The number of hydrogen-bond donors (Lipinski definition) is 3. The van der Waals surface area contributed by atoms with Crippen LogP contribution >= 0.6 is 0 Å². The Hall–Kier alpha value is -1.67. The smallest absolute Gasteiger partial charge is 0.390 e. The highest BCUT2D eigenvalue weighted by molar-refractivity contribution is 5.72. The normalized spacial score (nSPS) is 14.7. The van der Waals surface area contributed by atoms with E-state index in [2.05, 4.69) is 10.3 Å². The van der Waals surface area contributed by atoms with Crippen LogP contribution in [0.15, 0.2) is 18.3 Å². The maximum atomic E-state index is 12.5. The lowest BCUT2D eigenvalue weighted by atomic mass is 10.0. The Bertz CT molecular complexity index is 466. The minimum atomic E-state index is -4.61. The highest BCUT2D eigenvalue weighted by Crippen LogP contribution is 2.29. The number of hydrogen-bond acceptors (Lipinski definition) is 4. The second-order valence-corrected chi connectivity index (χ2v) is 4.26. The van der Waals surface area contributed by atoms with Crippen LogP contribution in [0.3, 0.4) is 0 Å². The number of amides is 1. The number of nitrogens with one attached hydrogen (secondary N) is 1. The lowest BCUT2D eigenvalue weighted by Crippen LogP contribution is -2.27. The third-order valence-corrected chi connectivity index (χ3v) is 2.59. The van der Waals surface area contributed by atoms with Gasteiger partial charge in [0.25, 0.3) is 0 Å². The Kier molecular flexibility index (Phi) is 5.46. The van der Waals surface area contributed by atoms with Crippen LogP contribution in [0, 0.1) is 0 Å². The molecule has 0 spiro atoms. The molecule has 0 bridgehead atoms. The van der Waals surface area contributed by atoms with Crippen molar-refractivity contribution in [3.8, 4) is 0 Å². The fourth-order valence-corrected chi connectivity index (χ4v) is 1.56. The highest BCUT2D eigenvalue weighted by atomic mass is 19.4. The van der Waals surface area contributed by atoms with Gasteiger partial charge in [0.1, 0.15) is 11.8 Å². The van der Waals surface area contributed by atoms with Crippen molar-refractivity contribution in [3.63, 3.8) is 0 Å². The van der Waals surface area contributed by atoms with Gasteiger partial charge in [-0.1, -0.05) is 0 Å². The van der Waals surface area contributed by atoms with Crippen molar-refractivity contribution < 1.29 is 28.2 Å². The molecule has 1 rings (SSSR count). The summed E-state index contributed by atoms with van der Waals surface area (Å²) in [4.78, 5) is 13.8. The molecule has 2 atom stereocenters. The number of carbonyl (C=O) groups excluding carboxylic acids is 1. The molecule has 3 N–H and O–H groups in total. The molecule has 1 amide bonds. The molecule has 5 nitrogen and oxygen atoms in total. The fourth-order valence-electron chi connectivity index (χ4n) is 1.56. The third kappa shape index (κ3) is 4.78. The Morgan fingerprint density at radius 3 is 2.65 bits per heavy atom. The average molecular weight is 292 g/mol. The van der Waals surface area contributed by atoms with Gasteiger partial charge in [-0.2, -0.15) is 13.2 Å². The molecule has 20 heavy (non-hydrogen) atoms. The maximum Gasteiger partial charge on any atom is 0.433 e. The van der Waals surface area contributed by atoms with Gasteiger partial charge in [0, 0.05) is 19.7 Å². The van der Waals surface area contributed by atoms with Gasteiger partial charge in [-0.25, -0.2) is 0 Å². The predicted molar refractivity (Wildman–Crippen MR) is 63.5 cm³/mol. The number of rotatable bonds is 5. The molecule has 0 saturated carbocycles. The van der Waals surface area contributed by atoms with E-state index in [0.717, 1.165) is 6.20 Å². The molecule has 1 aromatic heterocycles. The summed E-state index contributed by atoms with van der Waals surface area (Å²) in [6.07, 6.45) is -6.44. The first kappa shape index (κ1) is 16.4. The molecular weight excluding hydrogens is 277 g/mol. The molecule has 0 aliphatic rings. The van der Waals surface area contributed by atoms with E-state index in [9.17, 15) is 28.2 Å². The molecule has 2 unspecified atom stereocenters. The molecule has 1 aromatic rings. The van der Waals surface area contributed by atoms with Gasteiger partial charge in [0.05, 0.1) is 6.10 Å². The van der Waals surface area contributed by atoms with Crippen LogP contribution in [0.5, 0.6) is 0 Å². The highest BCUT2D eigenvalue weighted by Gasteiger charge is 2.33. The first-order valence-electron chi connectivity index (χ1n) is 5.85. The molecule has 0 fully saturated rings. The summed E-state index contributed by atoms with van der Waals surface area (Å²) in [7, 11) is 0. The van der Waals surface area contributed by atoms with Crippen molar-refractivity contribution in [1.29, 1.82) is 0 Å². The Morgan fingerprint density at radius 2 is 2.10 bits per heavy atom. The third-order valence-electron chi connectivity index (χ3n) is 2.59. The van der Waals surface area contributed by atoms with Crippen LogP contribution in [0.2, 0.25) is 0 Å². The number of pyridine rings is 1. The van der Waals surface area contributed by atoms with E-state index in [1.807, 2.05) is 0 Å². The number of nitrogens with zero attached hydrogens (tertiary/aromatic N) is 1. The Morgan fingerprint density at radius 1 is 1.45 bits per heavy atom. The SMILES string of the molecule is CC(=O)NCCC(O)C(O)c1ccnc(C(F)(F)F)c1. The summed E-state index contributed by atoms with van der Waals surface area (Å²) in [5.74, 6) is -0.296. The minimum absolute atomic E-state index is 0.0183. The van der Waals surface area contributed by atoms with Crippen LogP contribution < -0.4 is 5.32 Å². The van der Waals surface area contributed by atoms with Gasteiger partial charge < -0.3 is 15.5 Å². The molecule has 0 saturated heterocycles. The lowest BCUT2D eigenvalue weighted by Gasteiger charge is -2.19. The van der Waals surface area contributed by atoms with Crippen molar-refractivity contribution in [1.82, 2.24) is 10.3 Å². The standard InChI is InChI=1S/C12H15F3N2O3/c1-7(18)16-5-3-9(19)11(20)8-2-4-17-10(6-8)12(13,14)15/h2,4,6,9,11,19-20H,3,5H2,1H3,(H,16,18). The van der Waals surface area contributed by atoms with Crippen molar-refractivity contribution >= 4 is 5.91 Å². The summed E-state index contributed by atoms with van der Waals surface area (Å²) >= 11 is 0. The number of aliphatic hydroxyl groups excluding tert-OH is 2. The van der Waals surface area contributed by atoms with E-state index in [-0.39, 0.29) is 24.4 Å². The van der Waals surface area contributed by atoms with Crippen molar-refractivity contribution in [2.24, 2.45) is 0 Å². The van der Waals surface area contributed by atoms with Crippen LogP contribution in [-0.2, 0) is 11.0 Å². The largest absolute Gasteiger partial charge is 0.433 e. The van der Waals surface area contributed by atoms with Gasteiger partial charge in [-0.15, -0.1) is 0 Å². The first-order chi connectivity index (χ1) is 9.21. The number of aromatic nitrogens is 1. The van der Waals surface area contributed by atoms with Gasteiger partial charge >= 0.3 is 6.18 Å². The molecule has 0 aliphatic carbocycles. The minimum Gasteiger partial charge on any atom is -0.390 e. The van der Waals surface area contributed by atoms with E-state index in [0.29, 0.717) is 6.07 Å². The molecule has 0 radical (unpaired) electrons. The van der Waals surface area contributed by atoms with E-state index in [4.69, 9.17) is 0 Å². The monoisotopic (exact) mass is 292 g/mol. The number of halogens is 3. The van der Waals surface area contributed by atoms with Gasteiger partial charge in [0.15, 0.2) is 0 Å². The quantitative estimate of drug-likeness (QED) is 0.757. The molecule has 112 valence electrons. The summed E-state index contributed by atoms with van der Waals surface area (Å²) < 4.78 is 37.4. The van der Waals surface area contributed by atoms with Gasteiger partial charge in [-0.05, 0) is 24.1 Å². The average Bonchev–Trinajstić information content (AvgIpc) is 2.36. The zero-order chi connectivity index (χ0) is 15.3. The molecule has 8 heteroatoms. The van der Waals surface area contributed by atoms with Gasteiger partial charge in [0.2, 0.25) is 5.91 Å². The topological polar surface area (TPSA) is 82.5 Å². The van der Waals surface area contributed by atoms with Gasteiger partial charge in [-0.3, -0.25) is 9.78 Å². The van der Waals surface area contributed by atoms with Crippen LogP contribution in [0.1, 0.15) is 30.7 Å². The predicted octanol–water partition coefficient (Wildman–Crippen LogP) is 1.02. The fraction of sp³-hybridized carbons (Fsp3) is 0.500. The summed E-state index contributed by atoms with van der Waals surface area (Å²) in [6.45, 7) is 1.41.